The zero-order valence-corrected chi connectivity index (χ0v) is 12.5. The second-order valence-corrected chi connectivity index (χ2v) is 5.73. The molecule has 3 nitrogen and oxygen atoms in total. The Morgan fingerprint density at radius 3 is 2.76 bits per heavy atom. The molecule has 1 aliphatic heterocycles. The van der Waals surface area contributed by atoms with Gasteiger partial charge in [-0.15, -0.1) is 0 Å². The summed E-state index contributed by atoms with van der Waals surface area (Å²) in [6.07, 6.45) is 0.920. The van der Waals surface area contributed by atoms with Crippen LogP contribution in [0.3, 0.4) is 0 Å². The summed E-state index contributed by atoms with van der Waals surface area (Å²) in [6, 6.07) is 16.1. The molecule has 0 fully saturated rings. The molecule has 0 aliphatic carbocycles. The third-order valence-corrected chi connectivity index (χ3v) is 3.66. The normalized spacial score (nSPS) is 20.8. The molecular formula is C18H21NO2. The van der Waals surface area contributed by atoms with Crippen molar-refractivity contribution in [2.45, 2.75) is 38.5 Å². The first-order chi connectivity index (χ1) is 10.1. The summed E-state index contributed by atoms with van der Waals surface area (Å²) in [4.78, 5) is 0. The van der Waals surface area contributed by atoms with Crippen molar-refractivity contribution in [2.24, 2.45) is 5.73 Å². The Morgan fingerprint density at radius 2 is 1.95 bits per heavy atom. The lowest BCUT2D eigenvalue weighted by Gasteiger charge is -2.30. The van der Waals surface area contributed by atoms with E-state index in [4.69, 9.17) is 15.2 Å². The van der Waals surface area contributed by atoms with Gasteiger partial charge in [-0.2, -0.15) is 0 Å². The van der Waals surface area contributed by atoms with E-state index in [0.717, 1.165) is 29.0 Å². The predicted octanol–water partition coefficient (Wildman–Crippen LogP) is 4.00. The second kappa shape index (κ2) is 5.78. The maximum absolute atomic E-state index is 6.28. The maximum Gasteiger partial charge on any atom is 0.126 e. The fourth-order valence-electron chi connectivity index (χ4n) is 2.72. The van der Waals surface area contributed by atoms with Gasteiger partial charge in [-0.25, -0.2) is 0 Å². The summed E-state index contributed by atoms with van der Waals surface area (Å²) >= 11 is 0. The van der Waals surface area contributed by atoms with E-state index in [-0.39, 0.29) is 18.2 Å². The molecule has 1 aliphatic rings. The molecule has 0 spiro atoms. The number of rotatable bonds is 3. The number of hydrogen-bond acceptors (Lipinski definition) is 3. The van der Waals surface area contributed by atoms with Gasteiger partial charge in [0.2, 0.25) is 0 Å². The van der Waals surface area contributed by atoms with Crippen molar-refractivity contribution < 1.29 is 9.47 Å². The highest BCUT2D eigenvalue weighted by atomic mass is 16.5. The summed E-state index contributed by atoms with van der Waals surface area (Å²) in [5.41, 5.74) is 8.48. The number of ether oxygens (including phenoxy) is 2. The van der Waals surface area contributed by atoms with Crippen LogP contribution in [0.2, 0.25) is 0 Å². The lowest BCUT2D eigenvalue weighted by atomic mass is 9.93. The third-order valence-electron chi connectivity index (χ3n) is 3.66. The van der Waals surface area contributed by atoms with Crippen molar-refractivity contribution in [3.63, 3.8) is 0 Å². The van der Waals surface area contributed by atoms with Crippen molar-refractivity contribution in [2.75, 3.05) is 0 Å². The van der Waals surface area contributed by atoms with E-state index < -0.39 is 0 Å². The molecule has 1 heterocycles. The number of fused-ring (bicyclic) bond motifs is 1. The lowest BCUT2D eigenvalue weighted by Crippen LogP contribution is -2.24. The van der Waals surface area contributed by atoms with Crippen molar-refractivity contribution in [3.05, 3.63) is 59.7 Å². The van der Waals surface area contributed by atoms with Crippen LogP contribution >= 0.6 is 0 Å². The molecule has 0 saturated carbocycles. The Morgan fingerprint density at radius 1 is 1.14 bits per heavy atom. The molecule has 2 aromatic carbocycles. The van der Waals surface area contributed by atoms with Gasteiger partial charge < -0.3 is 15.2 Å². The average molecular weight is 283 g/mol. The fourth-order valence-corrected chi connectivity index (χ4v) is 2.72. The van der Waals surface area contributed by atoms with E-state index in [0.29, 0.717) is 0 Å². The van der Waals surface area contributed by atoms with Crippen LogP contribution < -0.4 is 15.2 Å². The Hall–Kier alpha value is -2.00. The van der Waals surface area contributed by atoms with E-state index in [9.17, 15) is 0 Å². The molecule has 110 valence electrons. The smallest absolute Gasteiger partial charge is 0.126 e. The van der Waals surface area contributed by atoms with Crippen molar-refractivity contribution in [3.8, 4) is 11.5 Å². The van der Waals surface area contributed by atoms with Crippen LogP contribution in [0, 0.1) is 0 Å². The third kappa shape index (κ3) is 3.03. The van der Waals surface area contributed by atoms with E-state index in [2.05, 4.69) is 6.07 Å². The minimum Gasteiger partial charge on any atom is -0.491 e. The van der Waals surface area contributed by atoms with Gasteiger partial charge in [0.1, 0.15) is 17.6 Å². The molecule has 0 bridgehead atoms. The molecule has 21 heavy (non-hydrogen) atoms. The van der Waals surface area contributed by atoms with Crippen LogP contribution in [-0.2, 0) is 0 Å². The first kappa shape index (κ1) is 14.0. The second-order valence-electron chi connectivity index (χ2n) is 5.73. The van der Waals surface area contributed by atoms with Crippen molar-refractivity contribution in [1.29, 1.82) is 0 Å². The molecule has 3 heteroatoms. The van der Waals surface area contributed by atoms with Gasteiger partial charge in [-0.1, -0.05) is 30.3 Å². The summed E-state index contributed by atoms with van der Waals surface area (Å²) in [5, 5.41) is 0. The van der Waals surface area contributed by atoms with Gasteiger partial charge in [0, 0.05) is 18.0 Å². The summed E-state index contributed by atoms with van der Waals surface area (Å²) in [5.74, 6) is 1.76. The Balaban J connectivity index is 1.85. The van der Waals surface area contributed by atoms with Crippen LogP contribution in [0.1, 0.15) is 43.5 Å². The number of para-hydroxylation sites is 1. The average Bonchev–Trinajstić information content (AvgIpc) is 2.47. The topological polar surface area (TPSA) is 44.5 Å². The Bertz CT molecular complexity index is 624. The highest BCUT2D eigenvalue weighted by Gasteiger charge is 2.26. The number of hydrogen-bond donors (Lipinski definition) is 1. The summed E-state index contributed by atoms with van der Waals surface area (Å²) in [6.45, 7) is 4.05. The molecular weight excluding hydrogens is 262 g/mol. The Kier molecular flexibility index (Phi) is 3.84. The van der Waals surface area contributed by atoms with E-state index in [1.165, 1.54) is 0 Å². The molecule has 0 radical (unpaired) electrons. The molecule has 2 aromatic rings. The fraction of sp³-hybridized carbons (Fsp3) is 0.333. The molecule has 0 aromatic heterocycles. The van der Waals surface area contributed by atoms with Gasteiger partial charge in [-0.05, 0) is 37.6 Å². The van der Waals surface area contributed by atoms with Crippen LogP contribution in [-0.4, -0.2) is 6.10 Å². The minimum absolute atomic E-state index is 0.00891. The highest BCUT2D eigenvalue weighted by Crippen LogP contribution is 2.39. The summed E-state index contributed by atoms with van der Waals surface area (Å²) in [7, 11) is 0. The quantitative estimate of drug-likeness (QED) is 0.926. The minimum atomic E-state index is -0.0226. The molecule has 2 N–H and O–H groups in total. The number of benzene rings is 2. The van der Waals surface area contributed by atoms with Crippen LogP contribution in [0.5, 0.6) is 11.5 Å². The predicted molar refractivity (Wildman–Crippen MR) is 83.6 cm³/mol. The van der Waals surface area contributed by atoms with Gasteiger partial charge >= 0.3 is 0 Å². The van der Waals surface area contributed by atoms with Crippen LogP contribution in [0.4, 0.5) is 0 Å². The molecule has 0 saturated heterocycles. The zero-order valence-electron chi connectivity index (χ0n) is 12.5. The molecule has 2 atom stereocenters. The van der Waals surface area contributed by atoms with Gasteiger partial charge in [0.15, 0.2) is 0 Å². The Labute approximate surface area is 125 Å². The zero-order chi connectivity index (χ0) is 14.8. The van der Waals surface area contributed by atoms with E-state index >= 15 is 0 Å². The lowest BCUT2D eigenvalue weighted by molar-refractivity contribution is 0.160. The largest absolute Gasteiger partial charge is 0.491 e. The molecule has 0 amide bonds. The summed E-state index contributed by atoms with van der Waals surface area (Å²) < 4.78 is 11.9. The first-order valence-corrected chi connectivity index (χ1v) is 7.41. The van der Waals surface area contributed by atoms with Gasteiger partial charge in [0.25, 0.3) is 0 Å². The van der Waals surface area contributed by atoms with Gasteiger partial charge in [0.05, 0.1) is 6.10 Å². The van der Waals surface area contributed by atoms with Crippen molar-refractivity contribution in [1.82, 2.24) is 0 Å². The SMILES string of the molecule is CC(C)Oc1cccc(C2C[C@@H](N)c3ccccc3O2)c1. The first-order valence-electron chi connectivity index (χ1n) is 7.41. The monoisotopic (exact) mass is 283 g/mol. The van der Waals surface area contributed by atoms with E-state index in [1.807, 2.05) is 56.3 Å². The number of nitrogens with two attached hydrogens (primary N) is 1. The van der Waals surface area contributed by atoms with E-state index in [1.54, 1.807) is 0 Å². The maximum atomic E-state index is 6.28. The van der Waals surface area contributed by atoms with Gasteiger partial charge in [-0.3, -0.25) is 0 Å². The highest BCUT2D eigenvalue weighted by molar-refractivity contribution is 5.40. The molecule has 3 rings (SSSR count). The van der Waals surface area contributed by atoms with Crippen LogP contribution in [0.25, 0.3) is 0 Å². The van der Waals surface area contributed by atoms with Crippen LogP contribution in [0.15, 0.2) is 48.5 Å². The molecule has 1 unspecified atom stereocenters. The van der Waals surface area contributed by atoms with Crippen molar-refractivity contribution >= 4 is 0 Å². The standard InChI is InChI=1S/C18H21NO2/c1-12(2)20-14-7-5-6-13(10-14)18-11-16(19)15-8-3-4-9-17(15)21-18/h3-10,12,16,18H,11,19H2,1-2H3/t16-,18?/m1/s1.